The van der Waals surface area contributed by atoms with Crippen LogP contribution in [0.3, 0.4) is 0 Å². The summed E-state index contributed by atoms with van der Waals surface area (Å²) in [5, 5.41) is 0.119. The first kappa shape index (κ1) is 19.8. The number of benzene rings is 2. The number of ether oxygens (including phenoxy) is 1. The molecule has 0 aliphatic heterocycles. The van der Waals surface area contributed by atoms with E-state index in [0.717, 1.165) is 11.3 Å². The van der Waals surface area contributed by atoms with Crippen LogP contribution in [0.1, 0.15) is 25.3 Å². The first-order chi connectivity index (χ1) is 12.3. The normalized spacial score (nSPS) is 12.7. The van der Waals surface area contributed by atoms with Crippen LogP contribution in [0.2, 0.25) is 0 Å². The van der Waals surface area contributed by atoms with Crippen molar-refractivity contribution in [2.24, 2.45) is 0 Å². The van der Waals surface area contributed by atoms with Gasteiger partial charge in [-0.15, -0.1) is 0 Å². The van der Waals surface area contributed by atoms with Crippen molar-refractivity contribution in [3.05, 3.63) is 66.2 Å². The topological polar surface area (TPSA) is 26.3 Å². The molecule has 0 aliphatic carbocycles. The monoisotopic (exact) mass is 418 g/mol. The number of carbonyl (C=O) groups is 1. The van der Waals surface area contributed by atoms with Gasteiger partial charge in [0.25, 0.3) is 0 Å². The van der Waals surface area contributed by atoms with Crippen molar-refractivity contribution in [3.63, 3.8) is 0 Å². The van der Waals surface area contributed by atoms with Crippen LogP contribution in [0, 0.1) is 10.7 Å². The van der Waals surface area contributed by atoms with E-state index < -0.39 is 6.10 Å². The van der Waals surface area contributed by atoms with Crippen molar-refractivity contribution in [2.45, 2.75) is 25.9 Å². The van der Waals surface area contributed by atoms with E-state index in [2.05, 4.69) is 22.9 Å². The van der Waals surface area contributed by atoms with E-state index in [4.69, 9.17) is 4.74 Å². The Balaban J connectivity index is 2.24. The summed E-state index contributed by atoms with van der Waals surface area (Å²) in [7, 11) is 0. The molecule has 2 nitrogen and oxygen atoms in total. The SMILES string of the molecule is CCOC(C#C[Se]c1ccccc1)C(C(=O)SCC)c1ccccc1. The van der Waals surface area contributed by atoms with E-state index in [0.29, 0.717) is 6.61 Å². The summed E-state index contributed by atoms with van der Waals surface area (Å²) in [5.74, 6) is 3.62. The van der Waals surface area contributed by atoms with Gasteiger partial charge in [0, 0.05) is 0 Å². The van der Waals surface area contributed by atoms with Crippen LogP contribution in [0.4, 0.5) is 0 Å². The third-order valence-corrected chi connectivity index (χ3v) is 5.82. The summed E-state index contributed by atoms with van der Waals surface area (Å²) < 4.78 is 7.09. The fraction of sp³-hybridized carbons (Fsp3) is 0.286. The molecule has 0 spiro atoms. The zero-order valence-corrected chi connectivity index (χ0v) is 17.0. The number of hydrogen-bond donors (Lipinski definition) is 0. The Morgan fingerprint density at radius 3 is 2.32 bits per heavy atom. The van der Waals surface area contributed by atoms with E-state index in [9.17, 15) is 4.79 Å². The average Bonchev–Trinajstić information content (AvgIpc) is 2.64. The molecule has 0 saturated carbocycles. The molecule has 0 aliphatic rings. The van der Waals surface area contributed by atoms with Crippen LogP contribution in [-0.4, -0.2) is 38.5 Å². The fourth-order valence-corrected chi connectivity index (χ4v) is 4.32. The second-order valence-electron chi connectivity index (χ2n) is 5.18. The molecular weight excluding hydrogens is 395 g/mol. The standard InChI is InChI=1S/C21H22O2SSe/c1-3-23-19(15-16-25-18-13-9-6-10-14-18)20(21(22)24-4-2)17-11-7-5-8-12-17/h5-14,19-20H,3-4H2,1-2H3. The van der Waals surface area contributed by atoms with Crippen molar-refractivity contribution in [1.82, 2.24) is 0 Å². The minimum absolute atomic E-state index is 0.0544. The zero-order valence-electron chi connectivity index (χ0n) is 14.5. The summed E-state index contributed by atoms with van der Waals surface area (Å²) in [6.07, 6.45) is -0.412. The summed E-state index contributed by atoms with van der Waals surface area (Å²) >= 11 is 1.39. The van der Waals surface area contributed by atoms with Gasteiger partial charge in [-0.05, 0) is 0 Å². The molecule has 4 heteroatoms. The molecule has 0 amide bonds. The summed E-state index contributed by atoms with van der Waals surface area (Å²) in [6, 6.07) is 20.0. The maximum atomic E-state index is 12.7. The Labute approximate surface area is 160 Å². The number of thioether (sulfide) groups is 1. The Kier molecular flexibility index (Phi) is 8.86. The maximum absolute atomic E-state index is 12.7. The van der Waals surface area contributed by atoms with E-state index in [1.54, 1.807) is 0 Å². The molecule has 2 unspecified atom stereocenters. The molecule has 0 bridgehead atoms. The van der Waals surface area contributed by atoms with Gasteiger partial charge in [-0.1, -0.05) is 0 Å². The van der Waals surface area contributed by atoms with Gasteiger partial charge < -0.3 is 0 Å². The van der Waals surface area contributed by atoms with Crippen molar-refractivity contribution in [3.8, 4) is 10.7 Å². The number of hydrogen-bond acceptors (Lipinski definition) is 3. The number of rotatable bonds is 7. The van der Waals surface area contributed by atoms with Crippen LogP contribution in [-0.2, 0) is 9.53 Å². The quantitative estimate of drug-likeness (QED) is 0.510. The van der Waals surface area contributed by atoms with Crippen LogP contribution < -0.4 is 4.46 Å². The third-order valence-electron chi connectivity index (χ3n) is 3.46. The van der Waals surface area contributed by atoms with Gasteiger partial charge in [0.05, 0.1) is 0 Å². The Morgan fingerprint density at radius 1 is 1.08 bits per heavy atom. The van der Waals surface area contributed by atoms with E-state index in [-0.39, 0.29) is 26.0 Å². The fourth-order valence-electron chi connectivity index (χ4n) is 2.36. The van der Waals surface area contributed by atoms with E-state index >= 15 is 0 Å². The molecule has 0 radical (unpaired) electrons. The van der Waals surface area contributed by atoms with Crippen LogP contribution in [0.5, 0.6) is 0 Å². The summed E-state index contributed by atoms with van der Waals surface area (Å²) in [5.41, 5.74) is 0.966. The summed E-state index contributed by atoms with van der Waals surface area (Å²) in [4.78, 5) is 16.0. The molecule has 2 rings (SSSR count). The van der Waals surface area contributed by atoms with Crippen molar-refractivity contribution in [1.29, 1.82) is 0 Å². The molecule has 130 valence electrons. The van der Waals surface area contributed by atoms with Gasteiger partial charge >= 0.3 is 161 Å². The predicted molar refractivity (Wildman–Crippen MR) is 107 cm³/mol. The third kappa shape index (κ3) is 6.38. The van der Waals surface area contributed by atoms with Crippen LogP contribution in [0.15, 0.2) is 60.7 Å². The first-order valence-corrected chi connectivity index (χ1v) is 11.0. The minimum atomic E-state index is -0.412. The Morgan fingerprint density at radius 2 is 1.72 bits per heavy atom. The van der Waals surface area contributed by atoms with Crippen molar-refractivity contribution >= 4 is 36.3 Å². The van der Waals surface area contributed by atoms with Gasteiger partial charge in [-0.3, -0.25) is 0 Å². The molecule has 2 aromatic carbocycles. The average molecular weight is 417 g/mol. The van der Waals surface area contributed by atoms with Crippen LogP contribution in [0.25, 0.3) is 0 Å². The molecule has 0 aromatic heterocycles. The summed E-state index contributed by atoms with van der Waals surface area (Å²) in [6.45, 7) is 4.46. The zero-order chi connectivity index (χ0) is 17.9. The molecule has 0 fully saturated rings. The van der Waals surface area contributed by atoms with Gasteiger partial charge in [0.1, 0.15) is 0 Å². The molecular formula is C21H22O2SSe. The van der Waals surface area contributed by atoms with E-state index in [1.807, 2.05) is 62.4 Å². The Bertz CT molecular complexity index is 707. The van der Waals surface area contributed by atoms with Gasteiger partial charge in [0.2, 0.25) is 0 Å². The molecule has 0 saturated heterocycles. The van der Waals surface area contributed by atoms with Gasteiger partial charge in [-0.2, -0.15) is 0 Å². The number of carbonyl (C=O) groups excluding carboxylic acids is 1. The van der Waals surface area contributed by atoms with Gasteiger partial charge in [-0.25, -0.2) is 0 Å². The molecule has 2 aromatic rings. The van der Waals surface area contributed by atoms with Crippen LogP contribution >= 0.6 is 11.8 Å². The predicted octanol–water partition coefficient (Wildman–Crippen LogP) is 3.45. The second kappa shape index (κ2) is 11.2. The van der Waals surface area contributed by atoms with Crippen molar-refractivity contribution in [2.75, 3.05) is 12.4 Å². The first-order valence-electron chi connectivity index (χ1n) is 8.31. The molecule has 0 N–H and O–H groups in total. The second-order valence-corrected chi connectivity index (χ2v) is 8.29. The van der Waals surface area contributed by atoms with Gasteiger partial charge in [0.15, 0.2) is 0 Å². The Hall–Kier alpha value is -1.50. The van der Waals surface area contributed by atoms with E-state index in [1.165, 1.54) is 16.2 Å². The van der Waals surface area contributed by atoms with Crippen molar-refractivity contribution < 1.29 is 9.53 Å². The molecule has 0 heterocycles. The molecule has 2 atom stereocenters. The molecule has 25 heavy (non-hydrogen) atoms.